The topological polar surface area (TPSA) is 64.7 Å². The van der Waals surface area contributed by atoms with E-state index in [-0.39, 0.29) is 0 Å². The van der Waals surface area contributed by atoms with E-state index in [2.05, 4.69) is 30.9 Å². The van der Waals surface area contributed by atoms with Crippen molar-refractivity contribution < 1.29 is 0 Å². The number of hydrogen-bond donors (Lipinski definition) is 1. The van der Waals surface area contributed by atoms with Crippen LogP contribution >= 0.6 is 15.9 Å². The first kappa shape index (κ1) is 12.0. The van der Waals surface area contributed by atoms with Gasteiger partial charge in [0.1, 0.15) is 5.82 Å². The van der Waals surface area contributed by atoms with Crippen molar-refractivity contribution in [2.45, 2.75) is 6.92 Å². The maximum atomic E-state index is 6.07. The molecule has 0 unspecified atom stereocenters. The summed E-state index contributed by atoms with van der Waals surface area (Å²) in [5, 5.41) is 0.891. The summed E-state index contributed by atoms with van der Waals surface area (Å²) in [6.07, 6.45) is 3.45. The van der Waals surface area contributed by atoms with E-state index in [1.165, 1.54) is 0 Å². The molecule has 3 rings (SSSR count). The lowest BCUT2D eigenvalue weighted by Crippen LogP contribution is -1.99. The van der Waals surface area contributed by atoms with E-state index in [0.717, 1.165) is 26.5 Å². The molecule has 94 valence electrons. The first-order chi connectivity index (χ1) is 9.16. The van der Waals surface area contributed by atoms with Gasteiger partial charge in [0.2, 0.25) is 0 Å². The van der Waals surface area contributed by atoms with Crippen LogP contribution < -0.4 is 5.73 Å². The largest absolute Gasteiger partial charge is 0.383 e. The van der Waals surface area contributed by atoms with E-state index < -0.39 is 0 Å². The van der Waals surface area contributed by atoms with Gasteiger partial charge in [-0.2, -0.15) is 0 Å². The van der Waals surface area contributed by atoms with Gasteiger partial charge < -0.3 is 5.73 Å². The van der Waals surface area contributed by atoms with Crippen molar-refractivity contribution in [2.24, 2.45) is 0 Å². The van der Waals surface area contributed by atoms with Gasteiger partial charge in [-0.25, -0.2) is 9.97 Å². The number of anilines is 1. The Kier molecular flexibility index (Phi) is 2.91. The Morgan fingerprint density at radius 2 is 2.00 bits per heavy atom. The summed E-state index contributed by atoms with van der Waals surface area (Å²) in [5.74, 6) is 1.09. The highest BCUT2D eigenvalue weighted by Crippen LogP contribution is 2.29. The third kappa shape index (κ3) is 2.06. The number of rotatable bonds is 1. The van der Waals surface area contributed by atoms with Gasteiger partial charge in [0, 0.05) is 27.8 Å². The highest BCUT2D eigenvalue weighted by atomic mass is 79.9. The molecule has 0 saturated heterocycles. The molecule has 0 aliphatic heterocycles. The van der Waals surface area contributed by atoms with Crippen LogP contribution in [0.5, 0.6) is 0 Å². The van der Waals surface area contributed by atoms with Crippen LogP contribution in [0.15, 0.2) is 41.1 Å². The van der Waals surface area contributed by atoms with Crippen LogP contribution in [0.4, 0.5) is 5.82 Å². The van der Waals surface area contributed by atoms with Crippen molar-refractivity contribution in [3.63, 3.8) is 0 Å². The number of nitrogens with zero attached hydrogens (tertiary/aromatic N) is 3. The summed E-state index contributed by atoms with van der Waals surface area (Å²) >= 11 is 3.49. The summed E-state index contributed by atoms with van der Waals surface area (Å²) in [4.78, 5) is 13.0. The Morgan fingerprint density at radius 1 is 1.16 bits per heavy atom. The monoisotopic (exact) mass is 314 g/mol. The molecule has 19 heavy (non-hydrogen) atoms. The Morgan fingerprint density at radius 3 is 2.74 bits per heavy atom. The molecule has 0 atom stereocenters. The van der Waals surface area contributed by atoms with Gasteiger partial charge in [0.25, 0.3) is 0 Å². The lowest BCUT2D eigenvalue weighted by atomic mass is 10.1. The Labute approximate surface area is 118 Å². The molecule has 0 bridgehead atoms. The van der Waals surface area contributed by atoms with Gasteiger partial charge >= 0.3 is 0 Å². The van der Waals surface area contributed by atoms with E-state index in [1.54, 1.807) is 12.4 Å². The number of halogens is 1. The molecule has 1 aromatic carbocycles. The molecule has 0 amide bonds. The van der Waals surface area contributed by atoms with Crippen molar-refractivity contribution in [1.82, 2.24) is 15.0 Å². The molecule has 2 heterocycles. The fraction of sp³-hybridized carbons (Fsp3) is 0.0714. The van der Waals surface area contributed by atoms with Crippen molar-refractivity contribution in [1.29, 1.82) is 0 Å². The van der Waals surface area contributed by atoms with Crippen molar-refractivity contribution >= 4 is 32.7 Å². The van der Waals surface area contributed by atoms with Crippen molar-refractivity contribution in [2.75, 3.05) is 5.73 Å². The molecule has 5 heteroatoms. The average molecular weight is 315 g/mol. The molecule has 4 nitrogen and oxygen atoms in total. The highest BCUT2D eigenvalue weighted by Gasteiger charge is 2.10. The number of benzene rings is 1. The van der Waals surface area contributed by atoms with Crippen LogP contribution in [0, 0.1) is 6.92 Å². The lowest BCUT2D eigenvalue weighted by molar-refractivity contribution is 1.21. The van der Waals surface area contributed by atoms with Crippen LogP contribution in [0.1, 0.15) is 5.56 Å². The molecule has 0 saturated carbocycles. The van der Waals surface area contributed by atoms with Crippen LogP contribution in [-0.2, 0) is 0 Å². The zero-order valence-corrected chi connectivity index (χ0v) is 11.8. The van der Waals surface area contributed by atoms with Gasteiger partial charge in [-0.05, 0) is 36.8 Å². The second-order valence-electron chi connectivity index (χ2n) is 4.24. The minimum Gasteiger partial charge on any atom is -0.383 e. The Balaban J connectivity index is 2.30. The molecule has 2 aromatic heterocycles. The zero-order valence-electron chi connectivity index (χ0n) is 10.3. The number of nitrogen functional groups attached to an aromatic ring is 1. The summed E-state index contributed by atoms with van der Waals surface area (Å²) in [6, 6.07) is 7.67. The summed E-state index contributed by atoms with van der Waals surface area (Å²) in [7, 11) is 0. The maximum Gasteiger partial charge on any atom is 0.163 e. The van der Waals surface area contributed by atoms with Gasteiger partial charge in [0.05, 0.1) is 5.52 Å². The van der Waals surface area contributed by atoms with Crippen LogP contribution in [-0.4, -0.2) is 15.0 Å². The first-order valence-corrected chi connectivity index (χ1v) is 6.59. The molecule has 0 radical (unpaired) electrons. The molecule has 0 fully saturated rings. The van der Waals surface area contributed by atoms with Crippen molar-refractivity contribution in [3.05, 3.63) is 46.7 Å². The smallest absolute Gasteiger partial charge is 0.163 e. The van der Waals surface area contributed by atoms with Gasteiger partial charge in [-0.1, -0.05) is 15.9 Å². The molecule has 3 aromatic rings. The quantitative estimate of drug-likeness (QED) is 0.748. The summed E-state index contributed by atoms with van der Waals surface area (Å²) in [5.41, 5.74) is 8.82. The fourth-order valence-corrected chi connectivity index (χ4v) is 2.35. The Hall–Kier alpha value is -2.01. The second-order valence-corrected chi connectivity index (χ2v) is 5.10. The molecule has 0 spiro atoms. The third-order valence-electron chi connectivity index (χ3n) is 3.01. The van der Waals surface area contributed by atoms with Gasteiger partial charge in [0.15, 0.2) is 5.82 Å². The predicted octanol–water partition coefficient (Wildman–Crippen LogP) is 3.34. The maximum absolute atomic E-state index is 6.07. The number of hydrogen-bond acceptors (Lipinski definition) is 4. The van der Waals surface area contributed by atoms with Crippen LogP contribution in [0.2, 0.25) is 0 Å². The van der Waals surface area contributed by atoms with E-state index in [4.69, 9.17) is 5.73 Å². The minimum atomic E-state index is 0.489. The lowest BCUT2D eigenvalue weighted by Gasteiger charge is -2.08. The SMILES string of the molecule is Cc1c(Br)ccc2nc(-c3cccnc3)nc(N)c12. The van der Waals surface area contributed by atoms with E-state index in [1.807, 2.05) is 31.2 Å². The highest BCUT2D eigenvalue weighted by molar-refractivity contribution is 9.10. The predicted molar refractivity (Wildman–Crippen MR) is 79.6 cm³/mol. The summed E-state index contributed by atoms with van der Waals surface area (Å²) in [6.45, 7) is 2.00. The molecular formula is C14H11BrN4. The zero-order chi connectivity index (χ0) is 13.4. The standard InChI is InChI=1S/C14H11BrN4/c1-8-10(15)4-5-11-12(8)13(16)19-14(18-11)9-3-2-6-17-7-9/h2-7H,1H3,(H2,16,18,19). The molecule has 0 aliphatic carbocycles. The second kappa shape index (κ2) is 4.59. The van der Waals surface area contributed by atoms with Gasteiger partial charge in [-0.3, -0.25) is 4.98 Å². The van der Waals surface area contributed by atoms with Crippen LogP contribution in [0.25, 0.3) is 22.3 Å². The van der Waals surface area contributed by atoms with Crippen LogP contribution in [0.3, 0.4) is 0 Å². The number of pyridine rings is 1. The molecular weight excluding hydrogens is 304 g/mol. The first-order valence-electron chi connectivity index (χ1n) is 5.79. The number of nitrogens with two attached hydrogens (primary N) is 1. The Bertz CT molecular complexity index is 756. The number of aromatic nitrogens is 3. The van der Waals surface area contributed by atoms with E-state index in [9.17, 15) is 0 Å². The molecule has 0 aliphatic rings. The van der Waals surface area contributed by atoms with E-state index in [0.29, 0.717) is 11.6 Å². The average Bonchev–Trinajstić information content (AvgIpc) is 2.43. The third-order valence-corrected chi connectivity index (χ3v) is 3.86. The fourth-order valence-electron chi connectivity index (χ4n) is 2.02. The normalized spacial score (nSPS) is 10.8. The minimum absolute atomic E-state index is 0.489. The molecule has 2 N–H and O–H groups in total. The summed E-state index contributed by atoms with van der Waals surface area (Å²) < 4.78 is 1.00. The van der Waals surface area contributed by atoms with Gasteiger partial charge in [-0.15, -0.1) is 0 Å². The number of fused-ring (bicyclic) bond motifs is 1. The number of aryl methyl sites for hydroxylation is 1. The van der Waals surface area contributed by atoms with E-state index >= 15 is 0 Å². The van der Waals surface area contributed by atoms with Crippen molar-refractivity contribution in [3.8, 4) is 11.4 Å².